The van der Waals surface area contributed by atoms with E-state index in [-0.39, 0.29) is 18.1 Å². The first-order chi connectivity index (χ1) is 14.1. The molecule has 4 aromatic rings. The van der Waals surface area contributed by atoms with Crippen molar-refractivity contribution < 1.29 is 9.90 Å². The maximum atomic E-state index is 12.2. The Kier molecular flexibility index (Phi) is 5.39. The number of phenolic OH excluding ortho intramolecular Hbond substituents is 1. The summed E-state index contributed by atoms with van der Waals surface area (Å²) in [6, 6.07) is 16.7. The Bertz CT molecular complexity index is 1160. The third kappa shape index (κ3) is 4.20. The van der Waals surface area contributed by atoms with Crippen LogP contribution in [0.5, 0.6) is 5.75 Å². The van der Waals surface area contributed by atoms with Gasteiger partial charge in [-0.3, -0.25) is 4.79 Å². The van der Waals surface area contributed by atoms with Crippen molar-refractivity contribution in [2.24, 2.45) is 0 Å². The second-order valence-electron chi connectivity index (χ2n) is 6.58. The third-order valence-corrected chi connectivity index (χ3v) is 5.51. The van der Waals surface area contributed by atoms with E-state index in [0.29, 0.717) is 12.2 Å². The van der Waals surface area contributed by atoms with Gasteiger partial charge in [-0.2, -0.15) is 0 Å². The Labute approximate surface area is 172 Å². The average molecular weight is 404 g/mol. The average Bonchev–Trinajstić information content (AvgIpc) is 3.05. The van der Waals surface area contributed by atoms with Crippen LogP contribution in [0.15, 0.2) is 60.9 Å². The Morgan fingerprint density at radius 3 is 2.72 bits per heavy atom. The molecule has 146 valence electrons. The summed E-state index contributed by atoms with van der Waals surface area (Å²) < 4.78 is 0. The first-order valence-corrected chi connectivity index (χ1v) is 10.1. The minimum absolute atomic E-state index is 0.116. The van der Waals surface area contributed by atoms with E-state index in [9.17, 15) is 9.90 Å². The summed E-state index contributed by atoms with van der Waals surface area (Å²) in [4.78, 5) is 23.1. The molecule has 2 aromatic heterocycles. The van der Waals surface area contributed by atoms with E-state index in [1.807, 2.05) is 18.2 Å². The number of nitrogens with one attached hydrogen (secondary N) is 2. The second-order valence-corrected chi connectivity index (χ2v) is 7.78. The maximum absolute atomic E-state index is 12.2. The van der Waals surface area contributed by atoms with Crippen LogP contribution in [-0.4, -0.2) is 27.5 Å². The molecule has 0 aliphatic rings. The summed E-state index contributed by atoms with van der Waals surface area (Å²) in [5.74, 6) is 0.701. The normalized spacial score (nSPS) is 10.8. The molecule has 2 heterocycles. The lowest BCUT2D eigenvalue weighted by Gasteiger charge is -2.09. The van der Waals surface area contributed by atoms with E-state index < -0.39 is 0 Å². The number of aromatic nitrogens is 2. The fourth-order valence-electron chi connectivity index (χ4n) is 3.23. The maximum Gasteiger partial charge on any atom is 0.226 e. The lowest BCUT2D eigenvalue weighted by Crippen LogP contribution is -2.16. The number of rotatable bonds is 6. The summed E-state index contributed by atoms with van der Waals surface area (Å²) in [7, 11) is 0. The van der Waals surface area contributed by atoms with Crippen molar-refractivity contribution in [3.63, 3.8) is 0 Å². The molecule has 0 atom stereocenters. The third-order valence-electron chi connectivity index (χ3n) is 4.50. The fourth-order valence-corrected chi connectivity index (χ4v) is 4.24. The van der Waals surface area contributed by atoms with Crippen LogP contribution in [0, 0.1) is 6.92 Å². The molecule has 6 nitrogen and oxygen atoms in total. The number of hydrogen-bond donors (Lipinski definition) is 3. The van der Waals surface area contributed by atoms with Gasteiger partial charge in [-0.15, -0.1) is 11.3 Å². The van der Waals surface area contributed by atoms with E-state index in [1.165, 1.54) is 10.9 Å². The number of benzene rings is 2. The molecule has 1 amide bonds. The highest BCUT2D eigenvalue weighted by molar-refractivity contribution is 7.19. The summed E-state index contributed by atoms with van der Waals surface area (Å²) in [5.41, 5.74) is 2.81. The van der Waals surface area contributed by atoms with Gasteiger partial charge in [0.05, 0.1) is 5.39 Å². The highest BCUT2D eigenvalue weighted by Crippen LogP contribution is 2.40. The molecule has 29 heavy (non-hydrogen) atoms. The van der Waals surface area contributed by atoms with Crippen LogP contribution in [0.1, 0.15) is 11.3 Å². The van der Waals surface area contributed by atoms with Crippen molar-refractivity contribution in [3.05, 3.63) is 65.8 Å². The monoisotopic (exact) mass is 404 g/mol. The second kappa shape index (κ2) is 8.28. The van der Waals surface area contributed by atoms with E-state index in [2.05, 4.69) is 39.7 Å². The highest BCUT2D eigenvalue weighted by atomic mass is 32.1. The van der Waals surface area contributed by atoms with Crippen molar-refractivity contribution in [1.82, 2.24) is 9.97 Å². The van der Waals surface area contributed by atoms with Crippen molar-refractivity contribution in [2.75, 3.05) is 17.2 Å². The molecule has 0 aliphatic heterocycles. The molecular weight excluding hydrogens is 384 g/mol. The zero-order valence-corrected chi connectivity index (χ0v) is 16.7. The molecule has 0 bridgehead atoms. The summed E-state index contributed by atoms with van der Waals surface area (Å²) >= 11 is 1.64. The molecular formula is C22H20N4O2S. The fraction of sp³-hybridized carbons (Fsp3) is 0.136. The number of carbonyl (C=O) groups excluding carboxylic acids is 1. The molecule has 0 radical (unpaired) electrons. The smallest absolute Gasteiger partial charge is 0.226 e. The predicted octanol–water partition coefficient (Wildman–Crippen LogP) is 4.81. The molecule has 0 unspecified atom stereocenters. The lowest BCUT2D eigenvalue weighted by atomic mass is 10.0. The molecule has 4 rings (SSSR count). The van der Waals surface area contributed by atoms with Gasteiger partial charge in [-0.1, -0.05) is 36.4 Å². The quantitative estimate of drug-likeness (QED) is 0.429. The minimum atomic E-state index is -0.141. The summed E-state index contributed by atoms with van der Waals surface area (Å²) in [6.07, 6.45) is 1.81. The van der Waals surface area contributed by atoms with E-state index in [0.717, 1.165) is 27.2 Å². The first-order valence-electron chi connectivity index (χ1n) is 9.24. The number of hydrogen-bond acceptors (Lipinski definition) is 6. The van der Waals surface area contributed by atoms with Crippen LogP contribution in [-0.2, 0) is 4.79 Å². The standard InChI is InChI=1S/C22H20N4O2S/c1-14-19(15-6-3-2-4-7-15)20-21(24-13-25-22(20)29-14)23-11-10-18(28)26-16-8-5-9-17(27)12-16/h2-9,12-13,27H,10-11H2,1H3,(H,26,28)(H,23,24,25). The number of aromatic hydroxyl groups is 1. The van der Waals surface area contributed by atoms with Crippen LogP contribution in [0.25, 0.3) is 21.3 Å². The van der Waals surface area contributed by atoms with Crippen LogP contribution >= 0.6 is 11.3 Å². The van der Waals surface area contributed by atoms with E-state index in [4.69, 9.17) is 0 Å². The molecule has 2 aromatic carbocycles. The van der Waals surface area contributed by atoms with Crippen LogP contribution < -0.4 is 10.6 Å². The van der Waals surface area contributed by atoms with Crippen molar-refractivity contribution in [2.45, 2.75) is 13.3 Å². The Balaban J connectivity index is 1.50. The SMILES string of the molecule is Cc1sc2ncnc(NCCC(=O)Nc3cccc(O)c3)c2c1-c1ccccc1. The van der Waals surface area contributed by atoms with E-state index >= 15 is 0 Å². The number of carbonyl (C=O) groups is 1. The Morgan fingerprint density at radius 1 is 1.10 bits per heavy atom. The van der Waals surface area contributed by atoms with Gasteiger partial charge in [0.2, 0.25) is 5.91 Å². The number of fused-ring (bicyclic) bond motifs is 1. The van der Waals surface area contributed by atoms with Crippen LogP contribution in [0.2, 0.25) is 0 Å². The van der Waals surface area contributed by atoms with Crippen LogP contribution in [0.4, 0.5) is 11.5 Å². The zero-order valence-electron chi connectivity index (χ0n) is 15.8. The van der Waals surface area contributed by atoms with Gasteiger partial charge in [-0.25, -0.2) is 9.97 Å². The number of thiophene rings is 1. The zero-order chi connectivity index (χ0) is 20.2. The van der Waals surface area contributed by atoms with Crippen molar-refractivity contribution >= 4 is 39.0 Å². The molecule has 3 N–H and O–H groups in total. The van der Waals surface area contributed by atoms with Gasteiger partial charge in [0, 0.05) is 35.2 Å². The molecule has 0 spiro atoms. The molecule has 0 saturated heterocycles. The van der Waals surface area contributed by atoms with Gasteiger partial charge < -0.3 is 15.7 Å². The Hall–Kier alpha value is -3.45. The molecule has 7 heteroatoms. The molecule has 0 fully saturated rings. The summed E-state index contributed by atoms with van der Waals surface area (Å²) in [5, 5.41) is 16.5. The predicted molar refractivity (Wildman–Crippen MR) is 117 cm³/mol. The summed E-state index contributed by atoms with van der Waals surface area (Å²) in [6.45, 7) is 2.51. The van der Waals surface area contributed by atoms with Gasteiger partial charge >= 0.3 is 0 Å². The number of amides is 1. The van der Waals surface area contributed by atoms with Crippen molar-refractivity contribution in [1.29, 1.82) is 0 Å². The molecule has 0 saturated carbocycles. The van der Waals surface area contributed by atoms with E-state index in [1.54, 1.807) is 35.9 Å². The topological polar surface area (TPSA) is 87.1 Å². The number of aryl methyl sites for hydroxylation is 1. The van der Waals surface area contributed by atoms with Gasteiger partial charge in [0.15, 0.2) is 0 Å². The lowest BCUT2D eigenvalue weighted by molar-refractivity contribution is -0.115. The number of anilines is 2. The van der Waals surface area contributed by atoms with Gasteiger partial charge in [0.1, 0.15) is 22.7 Å². The molecule has 0 aliphatic carbocycles. The van der Waals surface area contributed by atoms with Gasteiger partial charge in [-0.05, 0) is 24.6 Å². The first kappa shape index (κ1) is 18.9. The Morgan fingerprint density at radius 2 is 1.93 bits per heavy atom. The number of phenols is 1. The largest absolute Gasteiger partial charge is 0.508 e. The van der Waals surface area contributed by atoms with Crippen LogP contribution in [0.3, 0.4) is 0 Å². The minimum Gasteiger partial charge on any atom is -0.508 e. The highest BCUT2D eigenvalue weighted by Gasteiger charge is 2.16. The van der Waals surface area contributed by atoms with Gasteiger partial charge in [0.25, 0.3) is 0 Å². The number of nitrogens with zero attached hydrogens (tertiary/aromatic N) is 2. The van der Waals surface area contributed by atoms with Crippen molar-refractivity contribution in [3.8, 4) is 16.9 Å².